The van der Waals surface area contributed by atoms with Crippen molar-refractivity contribution >= 4 is 18.0 Å². The van der Waals surface area contributed by atoms with E-state index in [0.29, 0.717) is 0 Å². The molecule has 0 spiro atoms. The molecule has 0 radical (unpaired) electrons. The molecule has 2 aromatic rings. The van der Waals surface area contributed by atoms with Crippen LogP contribution in [0.4, 0.5) is 0 Å². The first-order valence-electron chi connectivity index (χ1n) is 8.93. The topological polar surface area (TPSA) is 0 Å². The summed E-state index contributed by atoms with van der Waals surface area (Å²) in [5.74, 6) is 0. The summed E-state index contributed by atoms with van der Waals surface area (Å²) < 4.78 is 3.96. The maximum absolute atomic E-state index is 3.66. The Labute approximate surface area is 157 Å². The van der Waals surface area contributed by atoms with Crippen LogP contribution >= 0.6 is 6.57 Å². The monoisotopic (exact) mass is 382 g/mol. The van der Waals surface area contributed by atoms with Gasteiger partial charge in [0.2, 0.25) is 0 Å². The van der Waals surface area contributed by atoms with Crippen LogP contribution in [0, 0.1) is 0 Å². The standard InChI is InChI=1S/C9H7.C6H6P.C6H10.C2H4.Ti/c1-2-5-9-7-3-6-8(9)4-1;7-6-4-2-1-3-5-6;1-5(2)6(3)4;1-2;/h1-7H;1-5,7H;1,3H2,2,4H3;1-2H2;/q;-1;;;+1. The molecule has 1 fully saturated rings. The van der Waals surface area contributed by atoms with Gasteiger partial charge in [-0.15, -0.1) is 0 Å². The molecule has 2 heteroatoms. The molecule has 0 bridgehead atoms. The fourth-order valence-corrected chi connectivity index (χ4v) is 18.3. The average molecular weight is 382 g/mol. The van der Waals surface area contributed by atoms with E-state index in [1.807, 2.05) is 13.8 Å². The van der Waals surface area contributed by atoms with E-state index in [0.717, 1.165) is 21.9 Å². The fraction of sp³-hybridized carbons (Fsp3) is 0.217. The Morgan fingerprint density at radius 2 is 1.52 bits per heavy atom. The second-order valence-corrected chi connectivity index (χ2v) is 19.4. The van der Waals surface area contributed by atoms with Gasteiger partial charge in [-0.1, -0.05) is 24.3 Å². The van der Waals surface area contributed by atoms with Crippen molar-refractivity contribution in [2.75, 3.05) is 0 Å². The number of allylic oxidation sites excluding steroid dienone is 3. The molecular formula is C23H27PTi. The summed E-state index contributed by atoms with van der Waals surface area (Å²) in [5.41, 5.74) is 5.23. The van der Waals surface area contributed by atoms with Crippen molar-refractivity contribution in [3.63, 3.8) is 0 Å². The summed E-state index contributed by atoms with van der Waals surface area (Å²) in [4.78, 5) is 0. The smallest absolute Gasteiger partial charge is 0.0401 e. The van der Waals surface area contributed by atoms with Crippen LogP contribution in [-0.4, -0.2) is 0 Å². The SMILES string of the molecule is C1=C[CH]([Ti]2([PH]c3ccccc3)[CH2][CH2]2)c2ccccc21.C=C(C)C(=C)C. The van der Waals surface area contributed by atoms with Crippen molar-refractivity contribution in [2.24, 2.45) is 0 Å². The molecule has 25 heavy (non-hydrogen) atoms. The van der Waals surface area contributed by atoms with Crippen molar-refractivity contribution in [1.29, 1.82) is 0 Å². The van der Waals surface area contributed by atoms with Crippen LogP contribution in [0.5, 0.6) is 0 Å². The van der Waals surface area contributed by atoms with Gasteiger partial charge < -0.3 is 0 Å². The number of fused-ring (bicyclic) bond motifs is 1. The van der Waals surface area contributed by atoms with Gasteiger partial charge in [-0.25, -0.2) is 0 Å². The summed E-state index contributed by atoms with van der Waals surface area (Å²) in [5, 5.41) is 1.60. The summed E-state index contributed by atoms with van der Waals surface area (Å²) >= 11 is -1.63. The summed E-state index contributed by atoms with van der Waals surface area (Å²) in [7, 11) is 0. The van der Waals surface area contributed by atoms with Crippen LogP contribution in [0.3, 0.4) is 0 Å². The van der Waals surface area contributed by atoms with Gasteiger partial charge in [0.1, 0.15) is 0 Å². The van der Waals surface area contributed by atoms with Crippen LogP contribution < -0.4 is 5.30 Å². The van der Waals surface area contributed by atoms with Crippen LogP contribution in [-0.2, 0) is 16.1 Å². The Hall–Kier alpha value is -1.20. The Bertz CT molecular complexity index is 788. The molecule has 128 valence electrons. The Morgan fingerprint density at radius 3 is 2.12 bits per heavy atom. The fourth-order valence-electron chi connectivity index (χ4n) is 3.19. The zero-order valence-electron chi connectivity index (χ0n) is 15.3. The van der Waals surface area contributed by atoms with Crippen LogP contribution in [0.25, 0.3) is 6.08 Å². The minimum Gasteiger partial charge on any atom is -0.0959 e. The molecule has 0 nitrogen and oxygen atoms in total. The normalized spacial score (nSPS) is 19.2. The molecule has 0 N–H and O–H groups in total. The Balaban J connectivity index is 0.000000265. The number of rotatable bonds is 4. The van der Waals surface area contributed by atoms with Crippen LogP contribution in [0.1, 0.15) is 29.2 Å². The van der Waals surface area contributed by atoms with E-state index in [-0.39, 0.29) is 0 Å². The molecule has 1 heterocycles. The third-order valence-electron chi connectivity index (χ3n) is 5.08. The van der Waals surface area contributed by atoms with E-state index >= 15 is 0 Å². The van der Waals surface area contributed by atoms with E-state index in [4.69, 9.17) is 0 Å². The molecule has 4 rings (SSSR count). The first-order valence-corrected chi connectivity index (χ1v) is 15.4. The van der Waals surface area contributed by atoms with Gasteiger partial charge in [-0.2, -0.15) is 0 Å². The third kappa shape index (κ3) is 4.51. The quantitative estimate of drug-likeness (QED) is 0.309. The molecule has 0 saturated carbocycles. The number of hydrogen-bond donors (Lipinski definition) is 0. The summed E-state index contributed by atoms with van der Waals surface area (Å²) in [6.45, 7) is 12.3. The largest absolute Gasteiger partial charge is 0.0959 e. The molecule has 2 aromatic carbocycles. The molecule has 2 atom stereocenters. The first kappa shape index (κ1) is 18.6. The molecule has 1 aliphatic heterocycles. The van der Waals surface area contributed by atoms with Gasteiger partial charge >= 0.3 is 119 Å². The molecule has 1 saturated heterocycles. The number of hydrogen-bond acceptors (Lipinski definition) is 0. The van der Waals surface area contributed by atoms with Gasteiger partial charge in [-0.05, 0) is 13.8 Å². The van der Waals surface area contributed by atoms with Gasteiger partial charge in [0.05, 0.1) is 0 Å². The van der Waals surface area contributed by atoms with Gasteiger partial charge in [0.15, 0.2) is 0 Å². The maximum atomic E-state index is 3.66. The molecule has 2 unspecified atom stereocenters. The molecular weight excluding hydrogens is 355 g/mol. The van der Waals surface area contributed by atoms with Crippen LogP contribution in [0.2, 0.25) is 9.45 Å². The van der Waals surface area contributed by atoms with Crippen molar-refractivity contribution in [3.8, 4) is 0 Å². The van der Waals surface area contributed by atoms with Crippen molar-refractivity contribution < 1.29 is 16.1 Å². The second kappa shape index (κ2) is 8.00. The maximum Gasteiger partial charge on any atom is -0.0401 e. The van der Waals surface area contributed by atoms with E-state index in [1.165, 1.54) is 5.56 Å². The zero-order chi connectivity index (χ0) is 17.9. The molecule has 1 aliphatic carbocycles. The minimum absolute atomic E-state index is 0.828. The Morgan fingerprint density at radius 1 is 0.920 bits per heavy atom. The van der Waals surface area contributed by atoms with E-state index in [9.17, 15) is 0 Å². The minimum atomic E-state index is -1.63. The predicted molar refractivity (Wildman–Crippen MR) is 112 cm³/mol. The van der Waals surface area contributed by atoms with E-state index in [2.05, 4.69) is 79.9 Å². The Kier molecular flexibility index (Phi) is 5.95. The predicted octanol–water partition coefficient (Wildman–Crippen LogP) is 6.82. The van der Waals surface area contributed by atoms with Gasteiger partial charge in [-0.3, -0.25) is 0 Å². The van der Waals surface area contributed by atoms with Gasteiger partial charge in [0.25, 0.3) is 0 Å². The average Bonchev–Trinajstić information content (AvgIpc) is 3.24. The zero-order valence-corrected chi connectivity index (χ0v) is 17.8. The van der Waals surface area contributed by atoms with Crippen molar-refractivity contribution in [3.05, 3.63) is 96.1 Å². The van der Waals surface area contributed by atoms with Crippen LogP contribution in [0.15, 0.2) is 85.0 Å². The van der Waals surface area contributed by atoms with E-state index in [1.54, 1.807) is 20.3 Å². The van der Waals surface area contributed by atoms with Crippen molar-refractivity contribution in [2.45, 2.75) is 27.5 Å². The molecule has 0 aromatic heterocycles. The van der Waals surface area contributed by atoms with Crippen molar-refractivity contribution in [1.82, 2.24) is 0 Å². The molecule has 2 aliphatic rings. The second-order valence-electron chi connectivity index (χ2n) is 7.17. The number of benzene rings is 2. The van der Waals surface area contributed by atoms with E-state index < -0.39 is 16.1 Å². The summed E-state index contributed by atoms with van der Waals surface area (Å²) in [6.07, 6.45) is 4.88. The van der Waals surface area contributed by atoms with Gasteiger partial charge in [0, 0.05) is 0 Å². The first-order chi connectivity index (χ1) is 12.0. The molecule has 0 amide bonds. The summed E-state index contributed by atoms with van der Waals surface area (Å²) in [6, 6.07) is 20.2. The third-order valence-corrected chi connectivity index (χ3v) is 18.3.